The summed E-state index contributed by atoms with van der Waals surface area (Å²) in [5.74, 6) is 2.48. The maximum atomic E-state index is 6.01. The Balaban J connectivity index is 2.04. The van der Waals surface area contributed by atoms with E-state index >= 15 is 0 Å². The van der Waals surface area contributed by atoms with Crippen LogP contribution in [0.1, 0.15) is 25.3 Å². The van der Waals surface area contributed by atoms with Gasteiger partial charge in [-0.25, -0.2) is 4.98 Å². The molecule has 1 saturated heterocycles. The van der Waals surface area contributed by atoms with Crippen molar-refractivity contribution >= 4 is 28.2 Å². The summed E-state index contributed by atoms with van der Waals surface area (Å²) in [4.78, 5) is 7.08. The third kappa shape index (κ3) is 2.42. The zero-order valence-electron chi connectivity index (χ0n) is 11.3. The van der Waals surface area contributed by atoms with Crippen molar-refractivity contribution in [1.82, 2.24) is 4.98 Å². The summed E-state index contributed by atoms with van der Waals surface area (Å²) < 4.78 is 0. The Bertz CT molecular complexity index is 574. The van der Waals surface area contributed by atoms with Crippen molar-refractivity contribution in [2.24, 2.45) is 5.92 Å². The lowest BCUT2D eigenvalue weighted by Crippen LogP contribution is -2.33. The van der Waals surface area contributed by atoms with E-state index < -0.39 is 0 Å². The molecule has 19 heavy (non-hydrogen) atoms. The number of anilines is 1. The van der Waals surface area contributed by atoms with Crippen molar-refractivity contribution in [1.29, 1.82) is 0 Å². The number of benzene rings is 1. The number of aromatic nitrogens is 1. The fourth-order valence-electron chi connectivity index (χ4n) is 2.82. The highest BCUT2D eigenvalue weighted by Crippen LogP contribution is 2.30. The molecule has 1 aliphatic rings. The van der Waals surface area contributed by atoms with E-state index in [2.05, 4.69) is 41.1 Å². The Labute approximate surface area is 119 Å². The van der Waals surface area contributed by atoms with Crippen molar-refractivity contribution in [2.45, 2.75) is 25.6 Å². The first-order chi connectivity index (χ1) is 9.29. The molecule has 3 rings (SSSR count). The minimum atomic E-state index is 0.519. The number of fused-ring (bicyclic) bond motifs is 1. The molecule has 2 nitrogen and oxygen atoms in total. The van der Waals surface area contributed by atoms with Gasteiger partial charge in [0, 0.05) is 30.6 Å². The molecule has 1 fully saturated rings. The first kappa shape index (κ1) is 12.7. The number of hydrogen-bond donors (Lipinski definition) is 0. The second-order valence-corrected chi connectivity index (χ2v) is 5.72. The quantitative estimate of drug-likeness (QED) is 0.763. The van der Waals surface area contributed by atoms with Crippen molar-refractivity contribution < 1.29 is 0 Å². The van der Waals surface area contributed by atoms with Crippen molar-refractivity contribution in [3.63, 3.8) is 0 Å². The Morgan fingerprint density at radius 1 is 1.21 bits per heavy atom. The van der Waals surface area contributed by atoms with Gasteiger partial charge < -0.3 is 4.90 Å². The largest absolute Gasteiger partial charge is 0.356 e. The van der Waals surface area contributed by atoms with Gasteiger partial charge in [-0.15, -0.1) is 11.6 Å². The van der Waals surface area contributed by atoms with Gasteiger partial charge in [-0.1, -0.05) is 31.2 Å². The van der Waals surface area contributed by atoms with Crippen molar-refractivity contribution in [2.75, 3.05) is 18.0 Å². The molecule has 0 spiro atoms. The molecular weight excluding hydrogens is 256 g/mol. The molecule has 0 atom stereocenters. The van der Waals surface area contributed by atoms with Gasteiger partial charge in [-0.3, -0.25) is 0 Å². The monoisotopic (exact) mass is 274 g/mol. The minimum absolute atomic E-state index is 0.519. The van der Waals surface area contributed by atoms with E-state index in [0.717, 1.165) is 30.4 Å². The smallest absolute Gasteiger partial charge is 0.136 e. The number of alkyl halides is 1. The molecule has 2 aromatic rings. The van der Waals surface area contributed by atoms with E-state index in [1.165, 1.54) is 23.6 Å². The van der Waals surface area contributed by atoms with Crippen LogP contribution in [0.4, 0.5) is 5.82 Å². The highest BCUT2D eigenvalue weighted by atomic mass is 35.5. The van der Waals surface area contributed by atoms with Gasteiger partial charge in [0.15, 0.2) is 0 Å². The van der Waals surface area contributed by atoms with Crippen LogP contribution in [0.2, 0.25) is 0 Å². The van der Waals surface area contributed by atoms with Crippen LogP contribution in [0.15, 0.2) is 30.5 Å². The summed E-state index contributed by atoms with van der Waals surface area (Å²) in [5, 5.41) is 2.47. The van der Waals surface area contributed by atoms with E-state index in [-0.39, 0.29) is 0 Å². The normalized spacial score (nSPS) is 17.1. The van der Waals surface area contributed by atoms with Crippen LogP contribution in [0.25, 0.3) is 10.8 Å². The Kier molecular flexibility index (Phi) is 3.61. The van der Waals surface area contributed by atoms with Gasteiger partial charge in [0.05, 0.1) is 0 Å². The number of halogens is 1. The maximum Gasteiger partial charge on any atom is 0.136 e. The lowest BCUT2D eigenvalue weighted by molar-refractivity contribution is 0.437. The number of piperidine rings is 1. The number of rotatable bonds is 2. The highest BCUT2D eigenvalue weighted by Gasteiger charge is 2.19. The zero-order chi connectivity index (χ0) is 13.2. The number of pyridine rings is 1. The predicted molar refractivity (Wildman–Crippen MR) is 81.9 cm³/mol. The second kappa shape index (κ2) is 5.38. The molecule has 0 N–H and O–H groups in total. The first-order valence-corrected chi connectivity index (χ1v) is 7.50. The van der Waals surface area contributed by atoms with E-state index in [1.54, 1.807) is 0 Å². The minimum Gasteiger partial charge on any atom is -0.356 e. The summed E-state index contributed by atoms with van der Waals surface area (Å²) in [6.45, 7) is 4.55. The average molecular weight is 275 g/mol. The number of hydrogen-bond acceptors (Lipinski definition) is 2. The van der Waals surface area contributed by atoms with Gasteiger partial charge in [-0.05, 0) is 29.7 Å². The zero-order valence-corrected chi connectivity index (χ0v) is 12.0. The third-order valence-electron chi connectivity index (χ3n) is 4.08. The Hall–Kier alpha value is -1.28. The summed E-state index contributed by atoms with van der Waals surface area (Å²) in [6, 6.07) is 8.45. The van der Waals surface area contributed by atoms with Crippen LogP contribution in [0, 0.1) is 5.92 Å². The Morgan fingerprint density at radius 3 is 2.58 bits per heavy atom. The molecule has 100 valence electrons. The summed E-state index contributed by atoms with van der Waals surface area (Å²) in [7, 11) is 0. The molecule has 0 radical (unpaired) electrons. The van der Waals surface area contributed by atoms with Crippen LogP contribution in [-0.4, -0.2) is 18.1 Å². The molecule has 1 aliphatic heterocycles. The van der Waals surface area contributed by atoms with Crippen molar-refractivity contribution in [3.8, 4) is 0 Å². The first-order valence-electron chi connectivity index (χ1n) is 6.97. The second-order valence-electron chi connectivity index (χ2n) is 5.46. The highest BCUT2D eigenvalue weighted by molar-refractivity contribution is 6.18. The van der Waals surface area contributed by atoms with E-state index in [4.69, 9.17) is 11.6 Å². The van der Waals surface area contributed by atoms with Gasteiger partial charge in [0.25, 0.3) is 0 Å². The Morgan fingerprint density at radius 2 is 1.89 bits per heavy atom. The third-order valence-corrected chi connectivity index (χ3v) is 4.37. The van der Waals surface area contributed by atoms with Crippen LogP contribution >= 0.6 is 11.6 Å². The van der Waals surface area contributed by atoms with Crippen LogP contribution in [0.3, 0.4) is 0 Å². The van der Waals surface area contributed by atoms with Gasteiger partial charge in [0.1, 0.15) is 5.82 Å². The molecule has 1 aromatic carbocycles. The van der Waals surface area contributed by atoms with E-state index in [0.29, 0.717) is 5.88 Å². The average Bonchev–Trinajstić information content (AvgIpc) is 2.47. The SMILES string of the molecule is CC1CCN(c2ncc(CCl)c3ccccc23)CC1. The number of nitrogens with zero attached hydrogens (tertiary/aromatic N) is 2. The molecule has 0 amide bonds. The molecule has 0 aliphatic carbocycles. The van der Waals surface area contributed by atoms with Crippen LogP contribution < -0.4 is 4.90 Å². The van der Waals surface area contributed by atoms with E-state index in [1.807, 2.05) is 6.20 Å². The standard InChI is InChI=1S/C16H19ClN2/c1-12-6-8-19(9-7-12)16-15-5-3-2-4-14(15)13(10-17)11-18-16/h2-5,11-12H,6-10H2,1H3. The molecule has 3 heteroatoms. The van der Waals surface area contributed by atoms with E-state index in [9.17, 15) is 0 Å². The van der Waals surface area contributed by atoms with Crippen molar-refractivity contribution in [3.05, 3.63) is 36.0 Å². The molecule has 0 unspecified atom stereocenters. The predicted octanol–water partition coefficient (Wildman–Crippen LogP) is 4.21. The summed E-state index contributed by atoms with van der Waals surface area (Å²) in [5.41, 5.74) is 1.12. The van der Waals surface area contributed by atoms with Gasteiger partial charge >= 0.3 is 0 Å². The lowest BCUT2D eigenvalue weighted by Gasteiger charge is -2.32. The fraction of sp³-hybridized carbons (Fsp3) is 0.438. The molecular formula is C16H19ClN2. The topological polar surface area (TPSA) is 16.1 Å². The molecule has 0 bridgehead atoms. The molecule has 1 aromatic heterocycles. The van der Waals surface area contributed by atoms with Gasteiger partial charge in [0.2, 0.25) is 0 Å². The summed E-state index contributed by atoms with van der Waals surface area (Å²) >= 11 is 6.01. The molecule has 0 saturated carbocycles. The lowest BCUT2D eigenvalue weighted by atomic mass is 9.98. The summed E-state index contributed by atoms with van der Waals surface area (Å²) in [6.07, 6.45) is 4.45. The van der Waals surface area contributed by atoms with Gasteiger partial charge in [-0.2, -0.15) is 0 Å². The van der Waals surface area contributed by atoms with Crippen LogP contribution in [0.5, 0.6) is 0 Å². The fourth-order valence-corrected chi connectivity index (χ4v) is 3.03. The molecule has 2 heterocycles. The maximum absolute atomic E-state index is 6.01. The van der Waals surface area contributed by atoms with Crippen LogP contribution in [-0.2, 0) is 5.88 Å².